The molecule has 0 fully saturated rings. The van der Waals surface area contributed by atoms with Gasteiger partial charge in [0, 0.05) is 5.56 Å². The largest absolute Gasteiger partial charge is 0.272 e. The third kappa shape index (κ3) is 4.88. The minimum Gasteiger partial charge on any atom is -0.272 e. The Morgan fingerprint density at radius 3 is 2.52 bits per heavy atom. The standard InChI is InChI=1S/C17H13F2N5O2S/c18-11-7-5-10(6-8-11)16(26)23-21-14(25)9-27-17-20-15(22-24-17)12-3-1-2-4-13(12)19/h1-8H,9H2,(H,21,25)(H,23,26)(H,20,22,24). The van der Waals surface area contributed by atoms with Crippen LogP contribution in [0.15, 0.2) is 53.7 Å². The fraction of sp³-hybridized carbons (Fsp3) is 0.0588. The Balaban J connectivity index is 1.49. The third-order valence-electron chi connectivity index (χ3n) is 3.35. The van der Waals surface area contributed by atoms with Gasteiger partial charge in [-0.1, -0.05) is 23.9 Å². The summed E-state index contributed by atoms with van der Waals surface area (Å²) >= 11 is 1.01. The van der Waals surface area contributed by atoms with Crippen molar-refractivity contribution < 1.29 is 18.4 Å². The molecule has 27 heavy (non-hydrogen) atoms. The van der Waals surface area contributed by atoms with E-state index in [4.69, 9.17) is 0 Å². The molecule has 0 bridgehead atoms. The fourth-order valence-corrected chi connectivity index (χ4v) is 2.65. The molecule has 0 aliphatic rings. The molecule has 10 heteroatoms. The molecule has 1 aromatic heterocycles. The summed E-state index contributed by atoms with van der Waals surface area (Å²) < 4.78 is 26.5. The van der Waals surface area contributed by atoms with Crippen molar-refractivity contribution in [3.8, 4) is 11.4 Å². The number of H-pyrrole nitrogens is 1. The second-order valence-electron chi connectivity index (χ2n) is 5.24. The van der Waals surface area contributed by atoms with Crippen LogP contribution in [-0.2, 0) is 4.79 Å². The molecule has 3 N–H and O–H groups in total. The van der Waals surface area contributed by atoms with Gasteiger partial charge >= 0.3 is 0 Å². The topological polar surface area (TPSA) is 99.8 Å². The van der Waals surface area contributed by atoms with Crippen molar-refractivity contribution in [1.29, 1.82) is 0 Å². The van der Waals surface area contributed by atoms with Crippen LogP contribution in [0.4, 0.5) is 8.78 Å². The molecule has 0 saturated carbocycles. The molecule has 0 aliphatic heterocycles. The van der Waals surface area contributed by atoms with E-state index in [9.17, 15) is 18.4 Å². The molecule has 0 unspecified atom stereocenters. The lowest BCUT2D eigenvalue weighted by atomic mass is 10.2. The molecule has 1 heterocycles. The maximum absolute atomic E-state index is 13.7. The van der Waals surface area contributed by atoms with Gasteiger partial charge in [-0.05, 0) is 36.4 Å². The van der Waals surface area contributed by atoms with Gasteiger partial charge in [0.05, 0.1) is 11.3 Å². The maximum atomic E-state index is 13.7. The van der Waals surface area contributed by atoms with Crippen LogP contribution in [0.5, 0.6) is 0 Å². The number of aromatic nitrogens is 3. The van der Waals surface area contributed by atoms with Gasteiger partial charge in [-0.3, -0.25) is 25.5 Å². The Morgan fingerprint density at radius 1 is 1.04 bits per heavy atom. The lowest BCUT2D eigenvalue weighted by Crippen LogP contribution is -2.42. The Morgan fingerprint density at radius 2 is 1.78 bits per heavy atom. The number of thioether (sulfide) groups is 1. The Hall–Kier alpha value is -3.27. The van der Waals surface area contributed by atoms with Crippen LogP contribution in [0.3, 0.4) is 0 Å². The number of amides is 2. The summed E-state index contributed by atoms with van der Waals surface area (Å²) in [6.45, 7) is 0. The molecule has 7 nitrogen and oxygen atoms in total. The average Bonchev–Trinajstić information content (AvgIpc) is 3.14. The van der Waals surface area contributed by atoms with Crippen molar-refractivity contribution in [1.82, 2.24) is 26.0 Å². The zero-order chi connectivity index (χ0) is 19.2. The van der Waals surface area contributed by atoms with E-state index in [1.165, 1.54) is 18.2 Å². The predicted octanol–water partition coefficient (Wildman–Crippen LogP) is 2.30. The van der Waals surface area contributed by atoms with Crippen LogP contribution in [0.1, 0.15) is 10.4 Å². The highest BCUT2D eigenvalue weighted by atomic mass is 32.2. The van der Waals surface area contributed by atoms with Crippen LogP contribution in [0.25, 0.3) is 11.4 Å². The summed E-state index contributed by atoms with van der Waals surface area (Å²) in [6.07, 6.45) is 0. The van der Waals surface area contributed by atoms with Crippen LogP contribution in [-0.4, -0.2) is 32.7 Å². The number of aromatic amines is 1. The number of hydrogen-bond donors (Lipinski definition) is 3. The first kappa shape index (κ1) is 18.5. The molecule has 0 saturated heterocycles. The number of carbonyl (C=O) groups excluding carboxylic acids is 2. The molecule has 2 amide bonds. The molecule has 0 radical (unpaired) electrons. The summed E-state index contributed by atoms with van der Waals surface area (Å²) in [6, 6.07) is 11.0. The summed E-state index contributed by atoms with van der Waals surface area (Å²) in [5, 5.41) is 6.78. The maximum Gasteiger partial charge on any atom is 0.269 e. The number of hydrazine groups is 1. The van der Waals surface area contributed by atoms with E-state index in [-0.39, 0.29) is 27.9 Å². The molecule has 138 valence electrons. The van der Waals surface area contributed by atoms with Gasteiger partial charge in [-0.15, -0.1) is 5.10 Å². The monoisotopic (exact) mass is 389 g/mol. The average molecular weight is 389 g/mol. The molecule has 0 spiro atoms. The zero-order valence-electron chi connectivity index (χ0n) is 13.7. The molecular weight excluding hydrogens is 376 g/mol. The van der Waals surface area contributed by atoms with Crippen LogP contribution >= 0.6 is 11.8 Å². The minimum absolute atomic E-state index is 0.0712. The van der Waals surface area contributed by atoms with Crippen molar-refractivity contribution >= 4 is 23.6 Å². The Bertz CT molecular complexity index is 962. The van der Waals surface area contributed by atoms with E-state index < -0.39 is 23.4 Å². The van der Waals surface area contributed by atoms with E-state index in [2.05, 4.69) is 26.0 Å². The zero-order valence-corrected chi connectivity index (χ0v) is 14.5. The van der Waals surface area contributed by atoms with Crippen molar-refractivity contribution in [2.75, 3.05) is 5.75 Å². The first-order chi connectivity index (χ1) is 13.0. The Labute approximate surface area is 156 Å². The van der Waals surface area contributed by atoms with Crippen molar-refractivity contribution in [2.24, 2.45) is 0 Å². The van der Waals surface area contributed by atoms with Gasteiger partial charge in [0.25, 0.3) is 5.91 Å². The van der Waals surface area contributed by atoms with Gasteiger partial charge < -0.3 is 0 Å². The van der Waals surface area contributed by atoms with Gasteiger partial charge in [-0.25, -0.2) is 13.8 Å². The second-order valence-corrected chi connectivity index (χ2v) is 6.19. The molecule has 0 atom stereocenters. The van der Waals surface area contributed by atoms with Crippen LogP contribution in [0, 0.1) is 11.6 Å². The first-order valence-corrected chi connectivity index (χ1v) is 8.66. The van der Waals surface area contributed by atoms with E-state index in [1.807, 2.05) is 0 Å². The van der Waals surface area contributed by atoms with Gasteiger partial charge in [-0.2, -0.15) is 0 Å². The van der Waals surface area contributed by atoms with Gasteiger partial charge in [0.15, 0.2) is 5.82 Å². The lowest BCUT2D eigenvalue weighted by Gasteiger charge is -2.06. The highest BCUT2D eigenvalue weighted by molar-refractivity contribution is 7.99. The number of halogens is 2. The normalized spacial score (nSPS) is 10.4. The number of carbonyl (C=O) groups is 2. The molecule has 2 aromatic carbocycles. The number of nitrogens with zero attached hydrogens (tertiary/aromatic N) is 2. The first-order valence-electron chi connectivity index (χ1n) is 7.68. The molecular formula is C17H13F2N5O2S. The molecule has 3 rings (SSSR count). The summed E-state index contributed by atoms with van der Waals surface area (Å²) in [5.74, 6) is -1.79. The van der Waals surface area contributed by atoms with Gasteiger partial charge in [0.1, 0.15) is 11.6 Å². The van der Waals surface area contributed by atoms with Crippen LogP contribution < -0.4 is 10.9 Å². The SMILES string of the molecule is O=C(CSc1n[nH]c(-c2ccccc2F)n1)NNC(=O)c1ccc(F)cc1. The number of hydrogen-bond acceptors (Lipinski definition) is 5. The van der Waals surface area contributed by atoms with E-state index in [0.717, 1.165) is 23.9 Å². The van der Waals surface area contributed by atoms with E-state index >= 15 is 0 Å². The van der Waals surface area contributed by atoms with E-state index in [1.54, 1.807) is 18.2 Å². The smallest absolute Gasteiger partial charge is 0.269 e. The highest BCUT2D eigenvalue weighted by Crippen LogP contribution is 2.21. The quantitative estimate of drug-likeness (QED) is 0.459. The number of benzene rings is 2. The Kier molecular flexibility index (Phi) is 5.77. The minimum atomic E-state index is -0.576. The van der Waals surface area contributed by atoms with Crippen molar-refractivity contribution in [2.45, 2.75) is 5.16 Å². The predicted molar refractivity (Wildman–Crippen MR) is 94.5 cm³/mol. The molecule has 3 aromatic rings. The van der Waals surface area contributed by atoms with Crippen LogP contribution in [0.2, 0.25) is 0 Å². The lowest BCUT2D eigenvalue weighted by molar-refractivity contribution is -0.119. The number of nitrogens with one attached hydrogen (secondary N) is 3. The summed E-state index contributed by atoms with van der Waals surface area (Å²) in [5.41, 5.74) is 4.93. The van der Waals surface area contributed by atoms with E-state index in [0.29, 0.717) is 0 Å². The van der Waals surface area contributed by atoms with Crippen molar-refractivity contribution in [3.05, 3.63) is 65.7 Å². The fourth-order valence-electron chi connectivity index (χ4n) is 2.05. The van der Waals surface area contributed by atoms with Gasteiger partial charge in [0.2, 0.25) is 11.1 Å². The molecule has 0 aliphatic carbocycles. The van der Waals surface area contributed by atoms with Crippen molar-refractivity contribution in [3.63, 3.8) is 0 Å². The second kappa shape index (κ2) is 8.41. The summed E-state index contributed by atoms with van der Waals surface area (Å²) in [7, 11) is 0. The number of rotatable bonds is 5. The highest BCUT2D eigenvalue weighted by Gasteiger charge is 2.12. The summed E-state index contributed by atoms with van der Waals surface area (Å²) in [4.78, 5) is 27.7. The third-order valence-corrected chi connectivity index (χ3v) is 4.20.